The van der Waals surface area contributed by atoms with Gasteiger partial charge in [-0.05, 0) is 23.3 Å². The first-order valence-corrected chi connectivity index (χ1v) is 13.6. The first kappa shape index (κ1) is 28.9. The van der Waals surface area contributed by atoms with Crippen molar-refractivity contribution in [3.05, 3.63) is 84.2 Å². The topological polar surface area (TPSA) is 129 Å². The molecule has 1 saturated heterocycles. The maximum absolute atomic E-state index is 14.8. The lowest BCUT2D eigenvalue weighted by Crippen LogP contribution is -2.56. The Morgan fingerprint density at radius 3 is 2.36 bits per heavy atom. The highest BCUT2D eigenvalue weighted by Gasteiger charge is 2.46. The van der Waals surface area contributed by atoms with Crippen molar-refractivity contribution in [1.29, 1.82) is 0 Å². The van der Waals surface area contributed by atoms with Gasteiger partial charge in [0, 0.05) is 62.8 Å². The molecule has 11 heteroatoms. The largest absolute Gasteiger partial charge is 0.506 e. The van der Waals surface area contributed by atoms with Gasteiger partial charge in [-0.1, -0.05) is 65.8 Å². The maximum Gasteiger partial charge on any atom is 0.506 e. The van der Waals surface area contributed by atoms with Crippen LogP contribution in [-0.2, 0) is 16.1 Å². The van der Waals surface area contributed by atoms with Crippen LogP contribution in [-0.4, -0.2) is 81.1 Å². The number of aliphatic hydroxyl groups excluding tert-OH is 1. The highest BCUT2D eigenvalue weighted by atomic mass is 19.1. The van der Waals surface area contributed by atoms with E-state index in [1.807, 2.05) is 54.6 Å². The molecule has 1 fully saturated rings. The Hall–Kier alpha value is -4.61. The molecule has 0 radical (unpaired) electrons. The monoisotopic (exact) mass is 574 g/mol. The smallest absolute Gasteiger partial charge is 0.450 e. The van der Waals surface area contributed by atoms with Crippen molar-refractivity contribution >= 4 is 12.1 Å². The van der Waals surface area contributed by atoms with Crippen LogP contribution in [0.1, 0.15) is 18.4 Å². The van der Waals surface area contributed by atoms with Crippen molar-refractivity contribution in [2.24, 2.45) is 0 Å². The second-order valence-corrected chi connectivity index (χ2v) is 10.3. The summed E-state index contributed by atoms with van der Waals surface area (Å²) >= 11 is 0. The molecule has 1 amide bonds. The summed E-state index contributed by atoms with van der Waals surface area (Å²) in [4.78, 5) is 32.2. The van der Waals surface area contributed by atoms with Gasteiger partial charge in [0.2, 0.25) is 5.82 Å². The van der Waals surface area contributed by atoms with Crippen LogP contribution in [0.3, 0.4) is 0 Å². The number of hydrogen-bond donors (Lipinski definition) is 2. The van der Waals surface area contributed by atoms with Crippen LogP contribution in [0.5, 0.6) is 0 Å². The predicted molar refractivity (Wildman–Crippen MR) is 152 cm³/mol. The van der Waals surface area contributed by atoms with Crippen LogP contribution in [0.15, 0.2) is 77.3 Å². The zero-order chi connectivity index (χ0) is 29.7. The average Bonchev–Trinajstić information content (AvgIpc) is 3.49. The quantitative estimate of drug-likeness (QED) is 0.274. The number of carboxylic acid groups (broad SMARTS) is 1. The fourth-order valence-corrected chi connectivity index (χ4v) is 5.17. The van der Waals surface area contributed by atoms with E-state index < -0.39 is 17.7 Å². The Morgan fingerprint density at radius 2 is 1.71 bits per heavy atom. The number of halogens is 1. The highest BCUT2D eigenvalue weighted by Crippen LogP contribution is 2.31. The number of rotatable bonds is 9. The van der Waals surface area contributed by atoms with Crippen LogP contribution in [0.2, 0.25) is 0 Å². The number of hydrogen-bond acceptors (Lipinski definition) is 8. The van der Waals surface area contributed by atoms with E-state index in [0.29, 0.717) is 36.6 Å². The van der Waals surface area contributed by atoms with E-state index in [1.165, 1.54) is 18.0 Å². The molecule has 4 aromatic rings. The number of aromatic nitrogens is 2. The lowest BCUT2D eigenvalue weighted by atomic mass is 9.89. The van der Waals surface area contributed by atoms with Crippen molar-refractivity contribution in [3.63, 3.8) is 0 Å². The normalized spacial score (nSPS) is 14.8. The van der Waals surface area contributed by atoms with Crippen LogP contribution < -0.4 is 0 Å². The van der Waals surface area contributed by atoms with Crippen LogP contribution in [0.25, 0.3) is 34.0 Å². The number of likely N-dealkylation sites (N-methyl/N-ethyl adjacent to an activating group) is 1. The van der Waals surface area contributed by atoms with E-state index in [4.69, 9.17) is 9.26 Å². The van der Waals surface area contributed by atoms with Crippen molar-refractivity contribution in [3.8, 4) is 34.0 Å². The first-order valence-electron chi connectivity index (χ1n) is 13.6. The molecule has 2 N–H and O–H groups in total. The number of likely N-dealkylation sites (tertiary alicyclic amines) is 1. The maximum atomic E-state index is 14.8. The molecule has 5 rings (SSSR count). The van der Waals surface area contributed by atoms with Crippen LogP contribution in [0.4, 0.5) is 9.18 Å². The number of aliphatic hydroxyl groups is 1. The molecule has 10 nitrogen and oxygen atoms in total. The first-order chi connectivity index (χ1) is 20.3. The summed E-state index contributed by atoms with van der Waals surface area (Å²) in [5.74, 6) is -0.235. The summed E-state index contributed by atoms with van der Waals surface area (Å²) in [5.41, 5.74) is 2.04. The number of nitrogens with zero attached hydrogens (tertiary/aromatic N) is 4. The minimum Gasteiger partial charge on any atom is -0.450 e. The molecular formula is C31H31FN4O6. The van der Waals surface area contributed by atoms with Gasteiger partial charge in [0.15, 0.2) is 5.60 Å². The van der Waals surface area contributed by atoms with E-state index in [2.05, 4.69) is 15.0 Å². The Morgan fingerprint density at radius 1 is 1.02 bits per heavy atom. The third kappa shape index (κ3) is 6.32. The van der Waals surface area contributed by atoms with Crippen molar-refractivity contribution in [2.75, 3.05) is 33.3 Å². The third-order valence-electron chi connectivity index (χ3n) is 7.46. The second kappa shape index (κ2) is 12.5. The van der Waals surface area contributed by atoms with Crippen molar-refractivity contribution in [1.82, 2.24) is 19.9 Å². The summed E-state index contributed by atoms with van der Waals surface area (Å²) < 4.78 is 25.4. The fourth-order valence-electron chi connectivity index (χ4n) is 5.17. The molecular weight excluding hydrogens is 543 g/mol. The predicted octanol–water partition coefficient (Wildman–Crippen LogP) is 4.69. The third-order valence-corrected chi connectivity index (χ3v) is 7.46. The van der Waals surface area contributed by atoms with Crippen LogP contribution >= 0.6 is 0 Å². The Labute approximate surface area is 242 Å². The highest BCUT2D eigenvalue weighted by molar-refractivity contribution is 5.87. The number of ether oxygens (including phenoxy) is 1. The Kier molecular flexibility index (Phi) is 8.60. The molecule has 0 spiro atoms. The van der Waals surface area contributed by atoms with Crippen molar-refractivity contribution < 1.29 is 33.5 Å². The van der Waals surface area contributed by atoms with E-state index in [9.17, 15) is 24.2 Å². The van der Waals surface area contributed by atoms with Gasteiger partial charge < -0.3 is 24.4 Å². The molecule has 0 bridgehead atoms. The SMILES string of the molecule is CN(CCO)C(=O)C1(OC(=O)O)CCN(Cc2ccc(-c3noc(-c4ccc(-c5ccccc5)c(F)c4)n3)cc2)CC1. The number of benzene rings is 3. The summed E-state index contributed by atoms with van der Waals surface area (Å²) in [6.07, 6.45) is -1.07. The van der Waals surface area contributed by atoms with E-state index >= 15 is 0 Å². The Balaban J connectivity index is 1.22. The molecule has 42 heavy (non-hydrogen) atoms. The number of carbonyl (C=O) groups excluding carboxylic acids is 1. The molecule has 2 heterocycles. The summed E-state index contributed by atoms with van der Waals surface area (Å²) in [6.45, 7) is 1.38. The van der Waals surface area contributed by atoms with Gasteiger partial charge in [-0.15, -0.1) is 0 Å². The molecule has 218 valence electrons. The summed E-state index contributed by atoms with van der Waals surface area (Å²) in [5, 5.41) is 22.5. The molecule has 0 unspecified atom stereocenters. The molecule has 3 aromatic carbocycles. The van der Waals surface area contributed by atoms with Gasteiger partial charge in [-0.3, -0.25) is 9.69 Å². The van der Waals surface area contributed by atoms with Gasteiger partial charge in [0.25, 0.3) is 11.8 Å². The Bertz CT molecular complexity index is 1530. The number of carbonyl (C=O) groups is 2. The average molecular weight is 575 g/mol. The number of amides is 1. The van der Waals surface area contributed by atoms with Gasteiger partial charge in [0.1, 0.15) is 5.82 Å². The van der Waals surface area contributed by atoms with Gasteiger partial charge in [-0.2, -0.15) is 4.98 Å². The summed E-state index contributed by atoms with van der Waals surface area (Å²) in [7, 11) is 1.52. The van der Waals surface area contributed by atoms with E-state index in [1.54, 1.807) is 12.1 Å². The minimum atomic E-state index is -1.50. The molecule has 1 aliphatic heterocycles. The van der Waals surface area contributed by atoms with E-state index in [0.717, 1.165) is 16.7 Å². The van der Waals surface area contributed by atoms with Crippen LogP contribution in [0, 0.1) is 5.82 Å². The molecule has 1 aliphatic rings. The van der Waals surface area contributed by atoms with Gasteiger partial charge in [-0.25, -0.2) is 9.18 Å². The zero-order valence-corrected chi connectivity index (χ0v) is 23.1. The molecule has 0 aliphatic carbocycles. The lowest BCUT2D eigenvalue weighted by Gasteiger charge is -2.40. The fraction of sp³-hybridized carbons (Fsp3) is 0.290. The molecule has 0 atom stereocenters. The second-order valence-electron chi connectivity index (χ2n) is 10.3. The molecule has 1 aromatic heterocycles. The lowest BCUT2D eigenvalue weighted by molar-refractivity contribution is -0.158. The minimum absolute atomic E-state index is 0.0962. The van der Waals surface area contributed by atoms with Gasteiger partial charge >= 0.3 is 6.16 Å². The zero-order valence-electron chi connectivity index (χ0n) is 23.1. The standard InChI is InChI=1S/C31H31FN4O6/c1-35(17-18-37)29(38)31(41-30(39)40)13-15-36(16-14-31)20-21-7-9-23(10-8-21)27-33-28(42-34-27)24-11-12-25(26(32)19-24)22-5-3-2-4-6-22/h2-12,19,37H,13-18,20H2,1H3,(H,39,40). The van der Waals surface area contributed by atoms with Gasteiger partial charge in [0.05, 0.1) is 6.61 Å². The van der Waals surface area contributed by atoms with E-state index in [-0.39, 0.29) is 37.7 Å². The number of piperidine rings is 1. The molecule has 0 saturated carbocycles. The summed E-state index contributed by atoms with van der Waals surface area (Å²) in [6, 6.07) is 21.7. The van der Waals surface area contributed by atoms with Crippen molar-refractivity contribution in [2.45, 2.75) is 25.0 Å².